The highest BCUT2D eigenvalue weighted by atomic mass is 35.5. The van der Waals surface area contributed by atoms with Gasteiger partial charge in [0.25, 0.3) is 5.91 Å². The fraction of sp³-hybridized carbons (Fsp3) is 0.250. The number of alkyl halides is 3. The van der Waals surface area contributed by atoms with Crippen molar-refractivity contribution in [2.75, 3.05) is 7.05 Å². The number of thiazole rings is 1. The molecule has 0 spiro atoms. The van der Waals surface area contributed by atoms with Gasteiger partial charge in [0, 0.05) is 24.3 Å². The summed E-state index contributed by atoms with van der Waals surface area (Å²) in [6.07, 6.45) is -3.06. The molecule has 32 heavy (non-hydrogen) atoms. The van der Waals surface area contributed by atoms with Gasteiger partial charge in [-0.05, 0) is 37.3 Å². The van der Waals surface area contributed by atoms with Gasteiger partial charge in [0.05, 0.1) is 12.1 Å². The van der Waals surface area contributed by atoms with Gasteiger partial charge in [0.1, 0.15) is 16.5 Å². The lowest BCUT2D eigenvalue weighted by atomic mass is 10.3. The Balaban J connectivity index is 1.59. The maximum absolute atomic E-state index is 12.7. The summed E-state index contributed by atoms with van der Waals surface area (Å²) in [6.45, 7) is 1.97. The first-order valence-corrected chi connectivity index (χ1v) is 10.6. The number of ether oxygens (including phenoxy) is 2. The number of aromatic nitrogens is 2. The Bertz CT molecular complexity index is 1090. The van der Waals surface area contributed by atoms with E-state index in [4.69, 9.17) is 32.7 Å². The van der Waals surface area contributed by atoms with Crippen LogP contribution >= 0.6 is 34.5 Å². The quantitative estimate of drug-likeness (QED) is 0.389. The van der Waals surface area contributed by atoms with Gasteiger partial charge < -0.3 is 14.4 Å². The summed E-state index contributed by atoms with van der Waals surface area (Å²) in [6, 6.07) is 6.89. The number of carbonyl (C=O) groups is 1. The van der Waals surface area contributed by atoms with E-state index in [1.807, 2.05) is 0 Å². The van der Waals surface area contributed by atoms with Gasteiger partial charge in [-0.3, -0.25) is 4.79 Å². The summed E-state index contributed by atoms with van der Waals surface area (Å²) in [7, 11) is 1.65. The van der Waals surface area contributed by atoms with E-state index in [0.29, 0.717) is 23.0 Å². The highest BCUT2D eigenvalue weighted by molar-refractivity contribution is 7.15. The number of hydrogen-bond donors (Lipinski definition) is 0. The molecule has 0 bridgehead atoms. The average molecular weight is 506 g/mol. The average Bonchev–Trinajstić information content (AvgIpc) is 3.14. The van der Waals surface area contributed by atoms with Gasteiger partial charge in [-0.15, -0.1) is 11.3 Å². The number of nitrogens with zero attached hydrogens (tertiary/aromatic N) is 3. The van der Waals surface area contributed by atoms with Crippen LogP contribution in [0.1, 0.15) is 17.4 Å². The predicted molar refractivity (Wildman–Crippen MR) is 114 cm³/mol. The Morgan fingerprint density at radius 1 is 1.16 bits per heavy atom. The molecule has 1 atom stereocenters. The molecule has 6 nitrogen and oxygen atoms in total. The summed E-state index contributed by atoms with van der Waals surface area (Å²) in [5, 5.41) is -0.273. The molecule has 0 unspecified atom stereocenters. The monoisotopic (exact) mass is 505 g/mol. The van der Waals surface area contributed by atoms with Crippen molar-refractivity contribution in [1.82, 2.24) is 14.9 Å². The van der Waals surface area contributed by atoms with E-state index < -0.39 is 17.8 Å². The number of pyridine rings is 1. The third-order valence-corrected chi connectivity index (χ3v) is 5.50. The zero-order chi connectivity index (χ0) is 23.5. The van der Waals surface area contributed by atoms with Crippen molar-refractivity contribution in [3.8, 4) is 17.4 Å². The molecule has 0 saturated carbocycles. The maximum Gasteiger partial charge on any atom is 0.417 e. The minimum atomic E-state index is -4.55. The number of halogens is 5. The highest BCUT2D eigenvalue weighted by Crippen LogP contribution is 2.35. The van der Waals surface area contributed by atoms with Crippen molar-refractivity contribution in [2.45, 2.75) is 25.7 Å². The van der Waals surface area contributed by atoms with Crippen LogP contribution in [0.5, 0.6) is 17.4 Å². The number of likely N-dealkylation sites (N-methyl/N-ethyl adjacent to an activating group) is 1. The summed E-state index contributed by atoms with van der Waals surface area (Å²) in [5.41, 5.74) is -0.972. The first kappa shape index (κ1) is 24.1. The topological polar surface area (TPSA) is 64.6 Å². The van der Waals surface area contributed by atoms with E-state index in [0.717, 1.165) is 10.9 Å². The molecular weight excluding hydrogens is 490 g/mol. The van der Waals surface area contributed by atoms with Crippen LogP contribution in [0.3, 0.4) is 0 Å². The smallest absolute Gasteiger partial charge is 0.417 e. The highest BCUT2D eigenvalue weighted by Gasteiger charge is 2.31. The second-order valence-corrected chi connectivity index (χ2v) is 8.72. The molecule has 170 valence electrons. The van der Waals surface area contributed by atoms with Gasteiger partial charge in [0.2, 0.25) is 5.88 Å². The third-order valence-electron chi connectivity index (χ3n) is 4.13. The molecule has 0 aliphatic carbocycles. The first-order chi connectivity index (χ1) is 15.0. The van der Waals surface area contributed by atoms with Crippen LogP contribution in [0.15, 0.2) is 42.7 Å². The summed E-state index contributed by atoms with van der Waals surface area (Å²) >= 11 is 12.9. The molecule has 0 saturated heterocycles. The van der Waals surface area contributed by atoms with E-state index in [1.54, 1.807) is 32.3 Å². The molecule has 0 aliphatic rings. The lowest BCUT2D eigenvalue weighted by Gasteiger charge is -2.21. The summed E-state index contributed by atoms with van der Waals surface area (Å²) in [4.78, 5) is 22.4. The zero-order valence-electron chi connectivity index (χ0n) is 16.7. The number of amides is 1. The number of carbonyl (C=O) groups excluding carboxylic acids is 1. The van der Waals surface area contributed by atoms with E-state index >= 15 is 0 Å². The second kappa shape index (κ2) is 9.93. The Morgan fingerprint density at radius 2 is 1.81 bits per heavy atom. The molecule has 1 aromatic carbocycles. The van der Waals surface area contributed by atoms with Gasteiger partial charge in [-0.1, -0.05) is 23.2 Å². The molecule has 0 aliphatic heterocycles. The van der Waals surface area contributed by atoms with Crippen molar-refractivity contribution in [3.05, 3.63) is 62.7 Å². The zero-order valence-corrected chi connectivity index (χ0v) is 19.0. The van der Waals surface area contributed by atoms with Gasteiger partial charge in [-0.25, -0.2) is 9.97 Å². The maximum atomic E-state index is 12.7. The van der Waals surface area contributed by atoms with Crippen LogP contribution in [0, 0.1) is 0 Å². The van der Waals surface area contributed by atoms with E-state index in [2.05, 4.69) is 9.97 Å². The van der Waals surface area contributed by atoms with Crippen molar-refractivity contribution in [2.24, 2.45) is 0 Å². The Labute approximate surface area is 195 Å². The molecule has 0 N–H and O–H groups in total. The van der Waals surface area contributed by atoms with Crippen molar-refractivity contribution in [1.29, 1.82) is 0 Å². The van der Waals surface area contributed by atoms with E-state index in [-0.39, 0.29) is 22.6 Å². The van der Waals surface area contributed by atoms with Gasteiger partial charge >= 0.3 is 6.18 Å². The molecule has 2 heterocycles. The largest absolute Gasteiger partial charge is 0.481 e. The number of rotatable bonds is 7. The van der Waals surface area contributed by atoms with Gasteiger partial charge in [-0.2, -0.15) is 13.2 Å². The SMILES string of the molecule is C[C@@H](Oc1ccc(Oc2ncc(C(F)(F)F)cc2Cl)cc1)C(=O)N(C)Cc1cnc(Cl)s1. The lowest BCUT2D eigenvalue weighted by Crippen LogP contribution is -2.37. The Morgan fingerprint density at radius 3 is 2.38 bits per heavy atom. The van der Waals surface area contributed by atoms with Crippen LogP contribution < -0.4 is 9.47 Å². The molecular formula is C20H16Cl2F3N3O3S. The van der Waals surface area contributed by atoms with Crippen LogP contribution in [-0.2, 0) is 17.5 Å². The normalized spacial score (nSPS) is 12.3. The minimum absolute atomic E-state index is 0.165. The van der Waals surface area contributed by atoms with Gasteiger partial charge in [0.15, 0.2) is 10.6 Å². The standard InChI is InChI=1S/C20H16Cl2F3N3O3S/c1-11(18(29)28(2)10-15-9-27-19(22)32-15)30-13-3-5-14(6-4-13)31-17-16(21)7-12(8-26-17)20(23,24)25/h3-9,11H,10H2,1-2H3/t11-/m1/s1. The number of hydrogen-bond acceptors (Lipinski definition) is 6. The van der Waals surface area contributed by atoms with Crippen molar-refractivity contribution < 1.29 is 27.4 Å². The molecule has 0 fully saturated rings. The van der Waals surface area contributed by atoms with Crippen LogP contribution in [-0.4, -0.2) is 33.9 Å². The molecule has 3 rings (SSSR count). The van der Waals surface area contributed by atoms with Crippen molar-refractivity contribution in [3.63, 3.8) is 0 Å². The Kier molecular flexibility index (Phi) is 7.47. The van der Waals surface area contributed by atoms with Crippen LogP contribution in [0.2, 0.25) is 9.49 Å². The second-order valence-electron chi connectivity index (χ2n) is 6.62. The summed E-state index contributed by atoms with van der Waals surface area (Å²) in [5.74, 6) is 0.279. The van der Waals surface area contributed by atoms with E-state index in [9.17, 15) is 18.0 Å². The van der Waals surface area contributed by atoms with Crippen LogP contribution in [0.4, 0.5) is 13.2 Å². The lowest BCUT2D eigenvalue weighted by molar-refractivity contribution is -0.138. The Hall–Kier alpha value is -2.56. The predicted octanol–water partition coefficient (Wildman–Crippen LogP) is 6.08. The molecule has 1 amide bonds. The van der Waals surface area contributed by atoms with Crippen molar-refractivity contribution >= 4 is 40.4 Å². The number of benzene rings is 1. The summed E-state index contributed by atoms with van der Waals surface area (Å²) < 4.78 is 49.6. The molecule has 3 aromatic rings. The van der Waals surface area contributed by atoms with E-state index in [1.165, 1.54) is 28.4 Å². The fourth-order valence-electron chi connectivity index (χ4n) is 2.59. The fourth-order valence-corrected chi connectivity index (χ4v) is 3.82. The minimum Gasteiger partial charge on any atom is -0.481 e. The first-order valence-electron chi connectivity index (χ1n) is 9.05. The van der Waals surface area contributed by atoms with Crippen LogP contribution in [0.25, 0.3) is 0 Å². The molecule has 2 aromatic heterocycles. The molecule has 12 heteroatoms. The molecule has 0 radical (unpaired) electrons. The third kappa shape index (κ3) is 6.24.